The number of thiophene rings is 3. The highest BCUT2D eigenvalue weighted by Crippen LogP contribution is 2.71. The van der Waals surface area contributed by atoms with Crippen molar-refractivity contribution in [3.8, 4) is 54.0 Å². The van der Waals surface area contributed by atoms with Gasteiger partial charge in [-0.05, 0) is 75.1 Å². The zero-order valence-electron chi connectivity index (χ0n) is 30.7. The molecule has 1 unspecified atom stereocenters. The van der Waals surface area contributed by atoms with Crippen molar-refractivity contribution in [1.82, 2.24) is 0 Å². The molecule has 5 rings (SSSR count). The van der Waals surface area contributed by atoms with Gasteiger partial charge in [-0.15, -0.1) is 31.7 Å². The van der Waals surface area contributed by atoms with E-state index in [9.17, 15) is 0 Å². The van der Waals surface area contributed by atoms with Crippen molar-refractivity contribution in [1.29, 1.82) is 0 Å². The second-order valence-corrected chi connectivity index (χ2v) is 18.5. The van der Waals surface area contributed by atoms with Crippen LogP contribution in [0.2, 0.25) is 0 Å². The Bertz CT molecular complexity index is 1680. The van der Waals surface area contributed by atoms with E-state index in [-0.39, 0.29) is 6.29 Å². The van der Waals surface area contributed by atoms with E-state index in [4.69, 9.17) is 23.0 Å². The predicted octanol–water partition coefficient (Wildman–Crippen LogP) is 13.4. The summed E-state index contributed by atoms with van der Waals surface area (Å²) in [4.78, 5) is 5.82. The first-order valence-corrected chi connectivity index (χ1v) is 22.5. The maximum atomic E-state index is 6.73. The van der Waals surface area contributed by atoms with E-state index in [0.29, 0.717) is 19.1 Å². The van der Waals surface area contributed by atoms with Crippen LogP contribution in [-0.2, 0) is 13.6 Å². The Hall–Kier alpha value is -2.21. The number of hydrogen-bond donors (Lipinski definition) is 0. The molecule has 0 saturated carbocycles. The molecule has 0 radical (unpaired) electrons. The van der Waals surface area contributed by atoms with E-state index in [2.05, 4.69) is 81.1 Å². The Morgan fingerprint density at radius 1 is 0.760 bits per heavy atom. The van der Waals surface area contributed by atoms with Crippen molar-refractivity contribution in [2.75, 3.05) is 20.3 Å². The molecule has 270 valence electrons. The van der Waals surface area contributed by atoms with Gasteiger partial charge in [-0.3, -0.25) is 0 Å². The van der Waals surface area contributed by atoms with Gasteiger partial charge < -0.3 is 9.47 Å². The molecule has 0 aliphatic carbocycles. The van der Waals surface area contributed by atoms with Crippen molar-refractivity contribution in [2.45, 2.75) is 112 Å². The van der Waals surface area contributed by atoms with Gasteiger partial charge >= 0.3 is 7.94 Å². The topological polar surface area (TPSA) is 46.2 Å². The fourth-order valence-corrected chi connectivity index (χ4v) is 11.8. The second kappa shape index (κ2) is 19.6. The fourth-order valence-electron chi connectivity index (χ4n) is 6.05. The molecule has 50 heavy (non-hydrogen) atoms. The molecule has 1 aliphatic rings. The summed E-state index contributed by atoms with van der Waals surface area (Å²) in [6, 6.07) is 17.3. The number of unbranched alkanes of at least 4 members (excludes halogenated alkanes) is 7. The molecule has 0 N–H and O–H groups in total. The summed E-state index contributed by atoms with van der Waals surface area (Å²) in [7, 11) is -0.769. The lowest BCUT2D eigenvalue weighted by Crippen LogP contribution is -2.33. The summed E-state index contributed by atoms with van der Waals surface area (Å²) in [5, 5.41) is 0. The number of hydrogen-bond acceptors (Lipinski definition) is 8. The molecule has 1 atom stereocenters. The largest absolute Gasteiger partial charge is 0.496 e. The van der Waals surface area contributed by atoms with Crippen LogP contribution in [0.25, 0.3) is 30.6 Å². The Morgan fingerprint density at radius 2 is 1.42 bits per heavy atom. The summed E-state index contributed by atoms with van der Waals surface area (Å²) in [5.74, 6) is 9.00. The van der Waals surface area contributed by atoms with Crippen LogP contribution in [-0.4, -0.2) is 26.6 Å². The molecule has 3 aromatic heterocycles. The summed E-state index contributed by atoms with van der Waals surface area (Å²) in [5.41, 5.74) is 2.05. The molecule has 0 spiro atoms. The Balaban J connectivity index is 1.39. The van der Waals surface area contributed by atoms with Gasteiger partial charge in [0.25, 0.3) is 6.29 Å². The van der Waals surface area contributed by atoms with Crippen LogP contribution in [0.4, 0.5) is 0 Å². The maximum Gasteiger partial charge on any atom is 0.465 e. The van der Waals surface area contributed by atoms with Crippen molar-refractivity contribution in [3.05, 3.63) is 53.4 Å². The number of rotatable bonds is 20. The molecule has 1 aliphatic heterocycles. The molecular formula is C41H54O5PS3+. The fraction of sp³-hybridized carbons (Fsp3) is 0.512. The number of ether oxygens (including phenoxy) is 2. The van der Waals surface area contributed by atoms with E-state index < -0.39 is 7.94 Å². The molecule has 1 aromatic carbocycles. The predicted molar refractivity (Wildman–Crippen MR) is 216 cm³/mol. The van der Waals surface area contributed by atoms with Crippen LogP contribution in [0, 0.1) is 17.8 Å². The molecule has 4 heterocycles. The Labute approximate surface area is 313 Å². The summed E-state index contributed by atoms with van der Waals surface area (Å²) in [6.07, 6.45) is 13.2. The van der Waals surface area contributed by atoms with Gasteiger partial charge in [-0.25, -0.2) is 0 Å². The second-order valence-electron chi connectivity index (χ2n) is 12.8. The molecule has 0 bridgehead atoms. The Morgan fingerprint density at radius 3 is 2.16 bits per heavy atom. The smallest absolute Gasteiger partial charge is 0.465 e. The van der Waals surface area contributed by atoms with Gasteiger partial charge in [-0.2, -0.15) is 4.52 Å². The van der Waals surface area contributed by atoms with Gasteiger partial charge in [0.2, 0.25) is 4.62 Å². The third-order valence-electron chi connectivity index (χ3n) is 8.91. The standard InChI is InChI=1S/C41H54O5PS3/c1-7-11-13-14-15-16-17-18-20-32-21-22-39(48-32)40-24-23-37(49-40)33-28-36(43-29-31(9-3)19-12-8-2)34(27-35(33)42-6)38-25-26-41(50-38)47(44-10-4)45-30(5)46-47/h21-28,30-31H,7-17,19,29H2,1-6H3/q+1. The van der Waals surface area contributed by atoms with E-state index in [1.807, 2.05) is 13.8 Å². The third-order valence-corrected chi connectivity index (χ3v) is 15.5. The van der Waals surface area contributed by atoms with Crippen LogP contribution >= 0.6 is 42.0 Å². The van der Waals surface area contributed by atoms with Crippen molar-refractivity contribution < 1.29 is 23.0 Å². The van der Waals surface area contributed by atoms with E-state index in [1.54, 1.807) is 41.1 Å². The van der Waals surface area contributed by atoms with E-state index in [1.165, 1.54) is 67.5 Å². The van der Waals surface area contributed by atoms with Gasteiger partial charge in [0.15, 0.2) is 0 Å². The average Bonchev–Trinajstić information content (AvgIpc) is 3.90. The van der Waals surface area contributed by atoms with Gasteiger partial charge in [0.1, 0.15) is 11.5 Å². The molecule has 0 amide bonds. The normalized spacial score (nSPS) is 17.6. The zero-order chi connectivity index (χ0) is 35.3. The highest BCUT2D eigenvalue weighted by Gasteiger charge is 2.62. The lowest BCUT2D eigenvalue weighted by Gasteiger charge is -2.31. The first-order chi connectivity index (χ1) is 24.4. The first-order valence-electron chi connectivity index (χ1n) is 18.5. The molecular weight excluding hydrogens is 700 g/mol. The molecule has 1 fully saturated rings. The summed E-state index contributed by atoms with van der Waals surface area (Å²) in [6.45, 7) is 11.9. The Kier molecular flexibility index (Phi) is 15.3. The van der Waals surface area contributed by atoms with Crippen LogP contribution in [0.5, 0.6) is 11.5 Å². The number of benzene rings is 1. The van der Waals surface area contributed by atoms with Crippen molar-refractivity contribution in [2.24, 2.45) is 5.92 Å². The minimum absolute atomic E-state index is 0.257. The highest BCUT2D eigenvalue weighted by molar-refractivity contribution is 7.76. The van der Waals surface area contributed by atoms with Crippen LogP contribution in [0.1, 0.15) is 110 Å². The molecule has 4 aromatic rings. The summed E-state index contributed by atoms with van der Waals surface area (Å²) < 4.78 is 32.0. The van der Waals surface area contributed by atoms with Crippen LogP contribution in [0.15, 0.2) is 48.5 Å². The lowest BCUT2D eigenvalue weighted by atomic mass is 10.0. The van der Waals surface area contributed by atoms with E-state index >= 15 is 0 Å². The lowest BCUT2D eigenvalue weighted by molar-refractivity contribution is -0.0968. The molecule has 5 nitrogen and oxygen atoms in total. The van der Waals surface area contributed by atoms with Gasteiger partial charge in [0.05, 0.1) is 25.2 Å². The minimum Gasteiger partial charge on any atom is -0.496 e. The number of methoxy groups -OCH3 is 1. The van der Waals surface area contributed by atoms with Gasteiger partial charge in [-0.1, -0.05) is 95.3 Å². The third kappa shape index (κ3) is 10.0. The average molecular weight is 754 g/mol. The van der Waals surface area contributed by atoms with Crippen molar-refractivity contribution in [3.63, 3.8) is 0 Å². The maximum absolute atomic E-state index is 6.73. The SMILES string of the molecule is CCCCCCCCC#Cc1ccc(-c2ccc(-c3cc(OCC(CC)CCCC)c(-c4ccc([P+]5(OCC)OC(C)O5)s4)cc3OC)s2)s1. The minimum atomic E-state index is -2.52. The van der Waals surface area contributed by atoms with E-state index in [0.717, 1.165) is 54.7 Å². The zero-order valence-corrected chi connectivity index (χ0v) is 34.0. The first kappa shape index (κ1) is 39.0. The van der Waals surface area contributed by atoms with Crippen LogP contribution in [0.3, 0.4) is 0 Å². The van der Waals surface area contributed by atoms with Crippen molar-refractivity contribution >= 4 is 46.6 Å². The summed E-state index contributed by atoms with van der Waals surface area (Å²) >= 11 is 5.20. The highest BCUT2D eigenvalue weighted by atomic mass is 32.1. The van der Waals surface area contributed by atoms with Gasteiger partial charge in [0, 0.05) is 43.1 Å². The monoisotopic (exact) mass is 753 g/mol. The quantitative estimate of drug-likeness (QED) is 0.0511. The molecule has 9 heteroatoms. The van der Waals surface area contributed by atoms with Crippen LogP contribution < -0.4 is 14.1 Å². The molecule has 1 saturated heterocycles.